The van der Waals surface area contributed by atoms with Crippen molar-refractivity contribution in [1.29, 1.82) is 0 Å². The van der Waals surface area contributed by atoms with Crippen LogP contribution in [0.4, 0.5) is 0 Å². The van der Waals surface area contributed by atoms with Gasteiger partial charge in [0.1, 0.15) is 0 Å². The van der Waals surface area contributed by atoms with Crippen LogP contribution in [-0.4, -0.2) is 43.0 Å². The summed E-state index contributed by atoms with van der Waals surface area (Å²) in [6.45, 7) is 3.34. The van der Waals surface area contributed by atoms with E-state index < -0.39 is 0 Å². The van der Waals surface area contributed by atoms with Crippen LogP contribution in [0.3, 0.4) is 0 Å². The molecule has 1 atom stereocenters. The minimum absolute atomic E-state index is 0. The van der Waals surface area contributed by atoms with Gasteiger partial charge in [-0.1, -0.05) is 19.3 Å². The molecule has 5 heteroatoms. The molecule has 0 spiro atoms. The second-order valence-electron chi connectivity index (χ2n) is 5.53. The van der Waals surface area contributed by atoms with Crippen LogP contribution < -0.4 is 11.1 Å². The molecule has 1 saturated heterocycles. The van der Waals surface area contributed by atoms with E-state index in [9.17, 15) is 4.79 Å². The Bertz CT molecular complexity index is 257. The Morgan fingerprint density at radius 3 is 2.56 bits per heavy atom. The van der Waals surface area contributed by atoms with E-state index in [0.717, 1.165) is 38.9 Å². The lowest BCUT2D eigenvalue weighted by Gasteiger charge is -2.24. The minimum Gasteiger partial charge on any atom is -0.352 e. The Balaban J connectivity index is 0.00000162. The predicted octanol–water partition coefficient (Wildman–Crippen LogP) is 1.14. The number of hydrogen-bond donors (Lipinski definition) is 2. The van der Waals surface area contributed by atoms with E-state index >= 15 is 0 Å². The fraction of sp³-hybridized carbons (Fsp3) is 0.923. The zero-order chi connectivity index (χ0) is 12.1. The van der Waals surface area contributed by atoms with Gasteiger partial charge in [0.2, 0.25) is 5.91 Å². The first-order valence-corrected chi connectivity index (χ1v) is 6.99. The summed E-state index contributed by atoms with van der Waals surface area (Å²) in [6, 6.07) is 0.434. The van der Waals surface area contributed by atoms with E-state index in [1.807, 2.05) is 0 Å². The van der Waals surface area contributed by atoms with E-state index in [0.29, 0.717) is 18.5 Å². The van der Waals surface area contributed by atoms with Gasteiger partial charge >= 0.3 is 0 Å². The fourth-order valence-corrected chi connectivity index (χ4v) is 2.97. The van der Waals surface area contributed by atoms with E-state index in [-0.39, 0.29) is 18.3 Å². The Hall–Kier alpha value is -0.320. The largest absolute Gasteiger partial charge is 0.352 e. The van der Waals surface area contributed by atoms with Gasteiger partial charge in [-0.2, -0.15) is 0 Å². The number of carbonyl (C=O) groups excluding carboxylic acids is 1. The summed E-state index contributed by atoms with van der Waals surface area (Å²) in [6.07, 6.45) is 7.34. The predicted molar refractivity (Wildman–Crippen MR) is 75.9 cm³/mol. The Morgan fingerprint density at radius 1 is 1.22 bits per heavy atom. The maximum Gasteiger partial charge on any atom is 0.234 e. The number of likely N-dealkylation sites (tertiary alicyclic amines) is 1. The molecule has 2 fully saturated rings. The van der Waals surface area contributed by atoms with Crippen molar-refractivity contribution in [3.05, 3.63) is 0 Å². The summed E-state index contributed by atoms with van der Waals surface area (Å²) in [7, 11) is 0. The van der Waals surface area contributed by atoms with Gasteiger partial charge in [-0.15, -0.1) is 12.4 Å². The molecule has 4 nitrogen and oxygen atoms in total. The molecule has 3 N–H and O–H groups in total. The maximum absolute atomic E-state index is 11.9. The van der Waals surface area contributed by atoms with Gasteiger partial charge in [0.05, 0.1) is 6.54 Å². The van der Waals surface area contributed by atoms with Crippen LogP contribution in [0.15, 0.2) is 0 Å². The topological polar surface area (TPSA) is 58.4 Å². The van der Waals surface area contributed by atoms with Gasteiger partial charge in [0, 0.05) is 12.6 Å². The molecular weight excluding hydrogens is 250 g/mol. The lowest BCUT2D eigenvalue weighted by molar-refractivity contribution is -0.122. The Labute approximate surface area is 116 Å². The van der Waals surface area contributed by atoms with Crippen molar-refractivity contribution in [3.63, 3.8) is 0 Å². The zero-order valence-electron chi connectivity index (χ0n) is 11.1. The highest BCUT2D eigenvalue weighted by Gasteiger charge is 2.24. The monoisotopic (exact) mass is 275 g/mol. The van der Waals surface area contributed by atoms with Crippen molar-refractivity contribution < 1.29 is 4.79 Å². The molecular formula is C13H26ClN3O. The van der Waals surface area contributed by atoms with Crippen LogP contribution in [0.2, 0.25) is 0 Å². The summed E-state index contributed by atoms with van der Waals surface area (Å²) in [5.74, 6) is 0.798. The summed E-state index contributed by atoms with van der Waals surface area (Å²) >= 11 is 0. The van der Waals surface area contributed by atoms with Crippen LogP contribution in [0.25, 0.3) is 0 Å². The van der Waals surface area contributed by atoms with Crippen LogP contribution in [0.5, 0.6) is 0 Å². The molecule has 106 valence electrons. The first kappa shape index (κ1) is 15.7. The van der Waals surface area contributed by atoms with Crippen molar-refractivity contribution in [2.24, 2.45) is 11.7 Å². The molecule has 2 rings (SSSR count). The van der Waals surface area contributed by atoms with Gasteiger partial charge < -0.3 is 11.1 Å². The Kier molecular flexibility index (Phi) is 6.97. The zero-order valence-corrected chi connectivity index (χ0v) is 11.9. The average molecular weight is 276 g/mol. The van der Waals surface area contributed by atoms with Crippen molar-refractivity contribution >= 4 is 18.3 Å². The quantitative estimate of drug-likeness (QED) is 0.809. The molecule has 18 heavy (non-hydrogen) atoms. The first-order valence-electron chi connectivity index (χ1n) is 6.99. The summed E-state index contributed by atoms with van der Waals surface area (Å²) in [4.78, 5) is 14.1. The van der Waals surface area contributed by atoms with Crippen LogP contribution >= 0.6 is 12.4 Å². The molecule has 1 saturated carbocycles. The normalized spacial score (nSPS) is 25.7. The fourth-order valence-electron chi connectivity index (χ4n) is 2.97. The van der Waals surface area contributed by atoms with Crippen LogP contribution in [-0.2, 0) is 4.79 Å². The first-order chi connectivity index (χ1) is 8.28. The number of nitrogens with two attached hydrogens (primary N) is 1. The molecule has 1 unspecified atom stereocenters. The number of carbonyl (C=O) groups is 1. The van der Waals surface area contributed by atoms with Gasteiger partial charge in [-0.3, -0.25) is 9.69 Å². The second kappa shape index (κ2) is 7.97. The number of rotatable bonds is 4. The minimum atomic E-state index is 0. The highest BCUT2D eigenvalue weighted by molar-refractivity contribution is 5.85. The number of nitrogens with one attached hydrogen (secondary N) is 1. The number of halogens is 1. The molecule has 1 heterocycles. The third-order valence-electron chi connectivity index (χ3n) is 4.04. The lowest BCUT2D eigenvalue weighted by Crippen LogP contribution is -2.42. The second-order valence-corrected chi connectivity index (χ2v) is 5.53. The van der Waals surface area contributed by atoms with E-state index in [1.165, 1.54) is 19.3 Å². The number of nitrogens with zero attached hydrogens (tertiary/aromatic N) is 1. The third-order valence-corrected chi connectivity index (χ3v) is 4.04. The van der Waals surface area contributed by atoms with E-state index in [4.69, 9.17) is 5.73 Å². The van der Waals surface area contributed by atoms with Gasteiger partial charge in [0.25, 0.3) is 0 Å². The van der Waals surface area contributed by atoms with Crippen LogP contribution in [0.1, 0.15) is 38.5 Å². The molecule has 0 aromatic carbocycles. The van der Waals surface area contributed by atoms with Gasteiger partial charge in [0.15, 0.2) is 0 Å². The number of amides is 1. The summed E-state index contributed by atoms with van der Waals surface area (Å²) in [5, 5.41) is 3.17. The van der Waals surface area contributed by atoms with Gasteiger partial charge in [-0.25, -0.2) is 0 Å². The maximum atomic E-state index is 11.9. The third kappa shape index (κ3) is 4.75. The smallest absolute Gasteiger partial charge is 0.234 e. The van der Waals surface area contributed by atoms with E-state index in [1.54, 1.807) is 0 Å². The molecule has 1 aliphatic carbocycles. The molecule has 0 aromatic heterocycles. The molecule has 0 radical (unpaired) electrons. The Morgan fingerprint density at radius 2 is 1.94 bits per heavy atom. The SMILES string of the molecule is Cl.NCC1CCN(CC(=O)NC2CCCCC2)C1. The van der Waals surface area contributed by atoms with E-state index in [2.05, 4.69) is 10.2 Å². The van der Waals surface area contributed by atoms with Crippen molar-refractivity contribution in [2.45, 2.75) is 44.6 Å². The van der Waals surface area contributed by atoms with Crippen molar-refractivity contribution in [2.75, 3.05) is 26.2 Å². The van der Waals surface area contributed by atoms with Crippen molar-refractivity contribution in [1.82, 2.24) is 10.2 Å². The number of hydrogen-bond acceptors (Lipinski definition) is 3. The van der Waals surface area contributed by atoms with Gasteiger partial charge in [-0.05, 0) is 38.3 Å². The standard InChI is InChI=1S/C13H25N3O.ClH/c14-8-11-6-7-16(9-11)10-13(17)15-12-4-2-1-3-5-12;/h11-12H,1-10,14H2,(H,15,17);1H. The highest BCUT2D eigenvalue weighted by atomic mass is 35.5. The molecule has 2 aliphatic rings. The van der Waals surface area contributed by atoms with Crippen molar-refractivity contribution in [3.8, 4) is 0 Å². The summed E-state index contributed by atoms with van der Waals surface area (Å²) < 4.78 is 0. The average Bonchev–Trinajstić information content (AvgIpc) is 2.78. The molecule has 1 aliphatic heterocycles. The highest BCUT2D eigenvalue weighted by Crippen LogP contribution is 2.18. The molecule has 1 amide bonds. The van der Waals surface area contributed by atoms with Crippen LogP contribution in [0, 0.1) is 5.92 Å². The summed E-state index contributed by atoms with van der Waals surface area (Å²) in [5.41, 5.74) is 5.65. The molecule has 0 aromatic rings. The molecule has 0 bridgehead atoms. The lowest BCUT2D eigenvalue weighted by atomic mass is 9.95.